The summed E-state index contributed by atoms with van der Waals surface area (Å²) in [6.07, 6.45) is 0.458. The van der Waals surface area contributed by atoms with E-state index in [0.717, 1.165) is 0 Å². The van der Waals surface area contributed by atoms with Gasteiger partial charge in [0.2, 0.25) is 0 Å². The molecule has 8 nitrogen and oxygen atoms in total. The third-order valence-corrected chi connectivity index (χ3v) is 6.20. The van der Waals surface area contributed by atoms with Gasteiger partial charge in [0, 0.05) is 11.4 Å². The molecule has 0 spiro atoms. The Kier molecular flexibility index (Phi) is 4.91. The molecule has 25 heavy (non-hydrogen) atoms. The van der Waals surface area contributed by atoms with Crippen LogP contribution in [0.25, 0.3) is 0 Å². The van der Waals surface area contributed by atoms with Gasteiger partial charge in [-0.1, -0.05) is 0 Å². The van der Waals surface area contributed by atoms with Crippen LogP contribution in [0.5, 0.6) is 0 Å². The molecule has 2 aromatic heterocycles. The molecule has 10 heteroatoms. The number of rotatable bonds is 5. The zero-order valence-electron chi connectivity index (χ0n) is 13.5. The minimum absolute atomic E-state index is 0.00410. The molecule has 1 atom stereocenters. The van der Waals surface area contributed by atoms with Crippen molar-refractivity contribution in [3.8, 4) is 0 Å². The summed E-state index contributed by atoms with van der Waals surface area (Å²) < 4.78 is 29.8. The van der Waals surface area contributed by atoms with Crippen LogP contribution in [0.1, 0.15) is 28.5 Å². The van der Waals surface area contributed by atoms with E-state index in [1.165, 1.54) is 16.0 Å². The summed E-state index contributed by atoms with van der Waals surface area (Å²) in [5.41, 5.74) is 1.06. The fourth-order valence-electron chi connectivity index (χ4n) is 2.63. The average Bonchev–Trinajstić information content (AvgIpc) is 3.25. The van der Waals surface area contributed by atoms with E-state index < -0.39 is 28.3 Å². The Balaban J connectivity index is 1.63. The number of carbonyl (C=O) groups is 2. The summed E-state index contributed by atoms with van der Waals surface area (Å²) in [6.45, 7) is 1.33. The van der Waals surface area contributed by atoms with Gasteiger partial charge in [-0.15, -0.1) is 0 Å². The number of sulfone groups is 1. The topological polar surface area (TPSA) is 107 Å². The molecule has 1 aliphatic rings. The standard InChI is InChI=1S/C15H17N3O5S2/c1-10-6-13(18(17-10)12-3-5-25(21,22)9-12)16-14(19)7-23-15(20)11-2-4-24-8-11/h2,4,6,8,12H,3,5,7,9H2,1H3,(H,16,19). The van der Waals surface area contributed by atoms with E-state index in [4.69, 9.17) is 4.74 Å². The van der Waals surface area contributed by atoms with Crippen LogP contribution in [-0.4, -0.2) is 48.2 Å². The lowest BCUT2D eigenvalue weighted by atomic mass is 10.3. The molecule has 0 bridgehead atoms. The first-order valence-electron chi connectivity index (χ1n) is 7.60. The van der Waals surface area contributed by atoms with Crippen molar-refractivity contribution in [2.75, 3.05) is 23.4 Å². The summed E-state index contributed by atoms with van der Waals surface area (Å²) in [5.74, 6) is -0.559. The number of carbonyl (C=O) groups excluding carboxylic acids is 2. The molecule has 0 aromatic carbocycles. The second-order valence-electron chi connectivity index (χ2n) is 5.81. The highest BCUT2D eigenvalue weighted by Gasteiger charge is 2.31. The van der Waals surface area contributed by atoms with Crippen LogP contribution in [0.4, 0.5) is 5.82 Å². The van der Waals surface area contributed by atoms with Gasteiger partial charge in [0.05, 0.1) is 28.8 Å². The van der Waals surface area contributed by atoms with Crippen molar-refractivity contribution in [3.63, 3.8) is 0 Å². The van der Waals surface area contributed by atoms with E-state index in [-0.39, 0.29) is 17.5 Å². The molecule has 1 unspecified atom stereocenters. The molecule has 2 aromatic rings. The molecule has 1 fully saturated rings. The molecule has 0 aliphatic carbocycles. The maximum atomic E-state index is 12.0. The second-order valence-corrected chi connectivity index (χ2v) is 8.82. The summed E-state index contributed by atoms with van der Waals surface area (Å²) in [6, 6.07) is 2.97. The van der Waals surface area contributed by atoms with E-state index >= 15 is 0 Å². The Morgan fingerprint density at radius 2 is 2.28 bits per heavy atom. The molecule has 1 N–H and O–H groups in total. The maximum absolute atomic E-state index is 12.0. The first-order valence-corrected chi connectivity index (χ1v) is 10.4. The summed E-state index contributed by atoms with van der Waals surface area (Å²) in [4.78, 5) is 23.8. The Morgan fingerprint density at radius 1 is 1.48 bits per heavy atom. The minimum Gasteiger partial charge on any atom is -0.452 e. The lowest BCUT2D eigenvalue weighted by Gasteiger charge is -2.13. The Morgan fingerprint density at radius 3 is 2.92 bits per heavy atom. The van der Waals surface area contributed by atoms with E-state index in [9.17, 15) is 18.0 Å². The summed E-state index contributed by atoms with van der Waals surface area (Å²) >= 11 is 1.36. The lowest BCUT2D eigenvalue weighted by molar-refractivity contribution is -0.119. The van der Waals surface area contributed by atoms with Gasteiger partial charge in [0.15, 0.2) is 16.4 Å². The molecule has 0 radical (unpaired) electrons. The van der Waals surface area contributed by atoms with Gasteiger partial charge in [-0.3, -0.25) is 4.79 Å². The van der Waals surface area contributed by atoms with Gasteiger partial charge >= 0.3 is 5.97 Å². The monoisotopic (exact) mass is 383 g/mol. The van der Waals surface area contributed by atoms with Crippen molar-refractivity contribution in [2.24, 2.45) is 0 Å². The molecule has 0 saturated carbocycles. The third-order valence-electron chi connectivity index (χ3n) is 3.77. The second kappa shape index (κ2) is 6.96. The van der Waals surface area contributed by atoms with Crippen molar-refractivity contribution in [1.82, 2.24) is 9.78 Å². The quantitative estimate of drug-likeness (QED) is 0.782. The fraction of sp³-hybridized carbons (Fsp3) is 0.400. The minimum atomic E-state index is -3.07. The number of nitrogens with one attached hydrogen (secondary N) is 1. The zero-order valence-corrected chi connectivity index (χ0v) is 15.1. The van der Waals surface area contributed by atoms with E-state index in [2.05, 4.69) is 10.4 Å². The molecule has 3 rings (SSSR count). The van der Waals surface area contributed by atoms with Gasteiger partial charge in [-0.2, -0.15) is 16.4 Å². The van der Waals surface area contributed by atoms with Gasteiger partial charge in [0.25, 0.3) is 5.91 Å². The number of nitrogens with zero attached hydrogens (tertiary/aromatic N) is 2. The molecule has 3 heterocycles. The van der Waals surface area contributed by atoms with E-state index in [0.29, 0.717) is 23.5 Å². The molecule has 1 aliphatic heterocycles. The van der Waals surface area contributed by atoms with Crippen LogP contribution in [0.2, 0.25) is 0 Å². The highest BCUT2D eigenvalue weighted by atomic mass is 32.2. The van der Waals surface area contributed by atoms with Crippen LogP contribution in [-0.2, 0) is 19.4 Å². The van der Waals surface area contributed by atoms with Crippen LogP contribution < -0.4 is 5.32 Å². The van der Waals surface area contributed by atoms with Crippen molar-refractivity contribution < 1.29 is 22.7 Å². The van der Waals surface area contributed by atoms with Crippen molar-refractivity contribution >= 4 is 38.9 Å². The van der Waals surface area contributed by atoms with E-state index in [1.807, 2.05) is 0 Å². The van der Waals surface area contributed by atoms with Crippen molar-refractivity contribution in [3.05, 3.63) is 34.2 Å². The normalized spacial score (nSPS) is 18.8. The van der Waals surface area contributed by atoms with Crippen LogP contribution in [0.15, 0.2) is 22.9 Å². The Bertz CT molecular complexity index is 886. The average molecular weight is 383 g/mol. The predicted molar refractivity (Wildman–Crippen MR) is 92.5 cm³/mol. The molecular weight excluding hydrogens is 366 g/mol. The summed E-state index contributed by atoms with van der Waals surface area (Å²) in [7, 11) is -3.07. The lowest BCUT2D eigenvalue weighted by Crippen LogP contribution is -2.24. The molecule has 1 saturated heterocycles. The zero-order chi connectivity index (χ0) is 18.0. The van der Waals surface area contributed by atoms with Gasteiger partial charge in [-0.25, -0.2) is 17.9 Å². The Hall–Kier alpha value is -2.20. The smallest absolute Gasteiger partial charge is 0.339 e. The Labute approximate surface area is 148 Å². The fourth-order valence-corrected chi connectivity index (χ4v) is 4.95. The summed E-state index contributed by atoms with van der Waals surface area (Å²) in [5, 5.41) is 10.3. The number of aromatic nitrogens is 2. The number of ether oxygens (including phenoxy) is 1. The molecular formula is C15H17N3O5S2. The highest BCUT2D eigenvalue weighted by molar-refractivity contribution is 7.91. The number of hydrogen-bond acceptors (Lipinski definition) is 7. The van der Waals surface area contributed by atoms with E-state index in [1.54, 1.807) is 29.8 Å². The van der Waals surface area contributed by atoms with Gasteiger partial charge in [-0.05, 0) is 24.8 Å². The van der Waals surface area contributed by atoms with Crippen molar-refractivity contribution in [2.45, 2.75) is 19.4 Å². The highest BCUT2D eigenvalue weighted by Crippen LogP contribution is 2.27. The third kappa shape index (κ3) is 4.26. The number of anilines is 1. The molecule has 134 valence electrons. The number of amides is 1. The SMILES string of the molecule is Cc1cc(NC(=O)COC(=O)c2ccsc2)n(C2CCS(=O)(=O)C2)n1. The van der Waals surface area contributed by atoms with Crippen LogP contribution in [0, 0.1) is 6.92 Å². The number of thiophene rings is 1. The maximum Gasteiger partial charge on any atom is 0.339 e. The van der Waals surface area contributed by atoms with Crippen molar-refractivity contribution in [1.29, 1.82) is 0 Å². The first kappa shape index (κ1) is 17.6. The van der Waals surface area contributed by atoms with Crippen LogP contribution in [0.3, 0.4) is 0 Å². The molecule has 1 amide bonds. The van der Waals surface area contributed by atoms with Gasteiger partial charge in [0.1, 0.15) is 5.82 Å². The predicted octanol–water partition coefficient (Wildman–Crippen LogP) is 1.41. The largest absolute Gasteiger partial charge is 0.452 e. The van der Waals surface area contributed by atoms with Crippen LogP contribution >= 0.6 is 11.3 Å². The number of esters is 1. The van der Waals surface area contributed by atoms with Gasteiger partial charge < -0.3 is 10.1 Å². The number of hydrogen-bond donors (Lipinski definition) is 1. The first-order chi connectivity index (χ1) is 11.8. The number of aryl methyl sites for hydroxylation is 1.